The van der Waals surface area contributed by atoms with Crippen molar-refractivity contribution >= 4 is 5.95 Å². The number of imidazole rings is 1. The van der Waals surface area contributed by atoms with Gasteiger partial charge in [0.2, 0.25) is 5.95 Å². The summed E-state index contributed by atoms with van der Waals surface area (Å²) in [7, 11) is 0. The van der Waals surface area contributed by atoms with Gasteiger partial charge >= 0.3 is 0 Å². The van der Waals surface area contributed by atoms with Crippen LogP contribution in [0.2, 0.25) is 0 Å². The molecule has 19 heavy (non-hydrogen) atoms. The van der Waals surface area contributed by atoms with Gasteiger partial charge in [-0.2, -0.15) is 0 Å². The summed E-state index contributed by atoms with van der Waals surface area (Å²) >= 11 is 0. The van der Waals surface area contributed by atoms with Crippen LogP contribution < -0.4 is 5.32 Å². The number of aryl methyl sites for hydroxylation is 1. The Kier molecular flexibility index (Phi) is 4.89. The minimum atomic E-state index is 0.566. The molecule has 1 N–H and O–H groups in total. The summed E-state index contributed by atoms with van der Waals surface area (Å²) in [6, 6.07) is 0.566. The van der Waals surface area contributed by atoms with Crippen LogP contribution in [0.15, 0.2) is 6.20 Å². The van der Waals surface area contributed by atoms with Gasteiger partial charge < -0.3 is 9.88 Å². The lowest BCUT2D eigenvalue weighted by molar-refractivity contribution is 0.265. The molecule has 1 fully saturated rings. The highest BCUT2D eigenvalue weighted by Gasteiger charge is 2.23. The third-order valence-electron chi connectivity index (χ3n) is 4.29. The average Bonchev–Trinajstić information content (AvgIpc) is 2.78. The summed E-state index contributed by atoms with van der Waals surface area (Å²) in [5.74, 6) is 2.53. The summed E-state index contributed by atoms with van der Waals surface area (Å²) in [5, 5.41) is 3.51. The van der Waals surface area contributed by atoms with Crippen molar-refractivity contribution in [1.29, 1.82) is 0 Å². The first-order valence-corrected chi connectivity index (χ1v) is 7.87. The first-order chi connectivity index (χ1) is 9.08. The molecule has 2 rings (SSSR count). The number of nitrogens with one attached hydrogen (secondary N) is 1. The van der Waals surface area contributed by atoms with E-state index in [1.165, 1.54) is 32.1 Å². The van der Waals surface area contributed by atoms with Gasteiger partial charge in [0.1, 0.15) is 0 Å². The number of hydrogen-bond donors (Lipinski definition) is 1. The Morgan fingerprint density at radius 2 is 1.95 bits per heavy atom. The molecule has 1 aliphatic carbocycles. The Balaban J connectivity index is 2.08. The molecule has 1 aromatic rings. The molecule has 0 radical (unpaired) electrons. The fourth-order valence-electron chi connectivity index (χ4n) is 3.10. The van der Waals surface area contributed by atoms with Crippen LogP contribution in [0, 0.1) is 18.8 Å². The van der Waals surface area contributed by atoms with Crippen LogP contribution >= 0.6 is 0 Å². The molecule has 0 aromatic carbocycles. The molecule has 0 aliphatic heterocycles. The summed E-state index contributed by atoms with van der Waals surface area (Å²) in [5.41, 5.74) is 1.12. The predicted molar refractivity (Wildman–Crippen MR) is 81.6 cm³/mol. The second kappa shape index (κ2) is 6.44. The van der Waals surface area contributed by atoms with E-state index in [1.54, 1.807) is 0 Å². The second-order valence-electron chi connectivity index (χ2n) is 6.53. The lowest BCUT2D eigenvalue weighted by Crippen LogP contribution is -2.21. The minimum Gasteiger partial charge on any atom is -0.355 e. The Hall–Kier alpha value is -0.990. The molecule has 1 unspecified atom stereocenters. The molecule has 1 heterocycles. The first-order valence-electron chi connectivity index (χ1n) is 7.87. The second-order valence-corrected chi connectivity index (χ2v) is 6.53. The van der Waals surface area contributed by atoms with Crippen molar-refractivity contribution in [3.05, 3.63) is 11.9 Å². The maximum atomic E-state index is 4.65. The van der Waals surface area contributed by atoms with E-state index in [0.29, 0.717) is 12.0 Å². The quantitative estimate of drug-likeness (QED) is 0.853. The van der Waals surface area contributed by atoms with Crippen LogP contribution in [-0.2, 0) is 0 Å². The molecule has 1 saturated carbocycles. The smallest absolute Gasteiger partial charge is 0.203 e. The van der Waals surface area contributed by atoms with E-state index in [2.05, 4.69) is 48.8 Å². The Morgan fingerprint density at radius 1 is 1.26 bits per heavy atom. The molecule has 0 amide bonds. The van der Waals surface area contributed by atoms with Crippen molar-refractivity contribution in [2.45, 2.75) is 65.8 Å². The molecule has 1 aliphatic rings. The Labute approximate surface area is 117 Å². The van der Waals surface area contributed by atoms with Gasteiger partial charge in [-0.1, -0.05) is 33.1 Å². The van der Waals surface area contributed by atoms with Crippen LogP contribution in [-0.4, -0.2) is 16.1 Å². The first kappa shape index (κ1) is 14.4. The average molecular weight is 263 g/mol. The van der Waals surface area contributed by atoms with Crippen molar-refractivity contribution in [3.8, 4) is 0 Å². The minimum absolute atomic E-state index is 0.566. The van der Waals surface area contributed by atoms with Crippen LogP contribution in [0.25, 0.3) is 0 Å². The third-order valence-corrected chi connectivity index (χ3v) is 4.29. The standard InChI is InChI=1S/C16H29N3/c1-12(2)10-17-16-18-13(3)11-19(16)14(4)15-8-6-5-7-9-15/h11-12,14-15H,5-10H2,1-4H3,(H,17,18). The van der Waals surface area contributed by atoms with Gasteiger partial charge in [-0.05, 0) is 38.5 Å². The molecule has 1 aromatic heterocycles. The van der Waals surface area contributed by atoms with E-state index >= 15 is 0 Å². The molecule has 0 spiro atoms. The van der Waals surface area contributed by atoms with Crippen molar-refractivity contribution < 1.29 is 0 Å². The van der Waals surface area contributed by atoms with E-state index in [1.807, 2.05) is 0 Å². The monoisotopic (exact) mass is 263 g/mol. The maximum Gasteiger partial charge on any atom is 0.203 e. The highest BCUT2D eigenvalue weighted by atomic mass is 15.2. The van der Waals surface area contributed by atoms with Crippen LogP contribution in [0.5, 0.6) is 0 Å². The number of aromatic nitrogens is 2. The molecule has 1 atom stereocenters. The topological polar surface area (TPSA) is 29.9 Å². The van der Waals surface area contributed by atoms with Crippen molar-refractivity contribution in [2.24, 2.45) is 11.8 Å². The van der Waals surface area contributed by atoms with Gasteiger partial charge in [-0.15, -0.1) is 0 Å². The van der Waals surface area contributed by atoms with E-state index in [4.69, 9.17) is 0 Å². The van der Waals surface area contributed by atoms with Crippen molar-refractivity contribution in [1.82, 2.24) is 9.55 Å². The molecular formula is C16H29N3. The highest BCUT2D eigenvalue weighted by Crippen LogP contribution is 2.34. The zero-order valence-electron chi connectivity index (χ0n) is 12.9. The number of hydrogen-bond acceptors (Lipinski definition) is 2. The van der Waals surface area contributed by atoms with E-state index < -0.39 is 0 Å². The van der Waals surface area contributed by atoms with Crippen LogP contribution in [0.4, 0.5) is 5.95 Å². The van der Waals surface area contributed by atoms with Gasteiger partial charge in [-0.25, -0.2) is 4.98 Å². The van der Waals surface area contributed by atoms with Crippen molar-refractivity contribution in [2.75, 3.05) is 11.9 Å². The van der Waals surface area contributed by atoms with Gasteiger partial charge in [-0.3, -0.25) is 0 Å². The SMILES string of the molecule is Cc1cn(C(C)C2CCCCC2)c(NCC(C)C)n1. The lowest BCUT2D eigenvalue weighted by Gasteiger charge is -2.29. The van der Waals surface area contributed by atoms with E-state index in [-0.39, 0.29) is 0 Å². The molecular weight excluding hydrogens is 234 g/mol. The lowest BCUT2D eigenvalue weighted by atomic mass is 9.84. The largest absolute Gasteiger partial charge is 0.355 e. The number of nitrogens with zero attached hydrogens (tertiary/aromatic N) is 2. The fourth-order valence-corrected chi connectivity index (χ4v) is 3.10. The summed E-state index contributed by atoms with van der Waals surface area (Å²) in [6.45, 7) is 9.91. The third kappa shape index (κ3) is 3.74. The fraction of sp³-hybridized carbons (Fsp3) is 0.812. The molecule has 0 saturated heterocycles. The van der Waals surface area contributed by atoms with E-state index in [0.717, 1.165) is 24.1 Å². The van der Waals surface area contributed by atoms with Crippen LogP contribution in [0.3, 0.4) is 0 Å². The maximum absolute atomic E-state index is 4.65. The van der Waals surface area contributed by atoms with E-state index in [9.17, 15) is 0 Å². The summed E-state index contributed by atoms with van der Waals surface area (Å²) < 4.78 is 2.37. The van der Waals surface area contributed by atoms with Gasteiger partial charge in [0.25, 0.3) is 0 Å². The zero-order valence-corrected chi connectivity index (χ0v) is 12.9. The molecule has 0 bridgehead atoms. The van der Waals surface area contributed by atoms with Crippen molar-refractivity contribution in [3.63, 3.8) is 0 Å². The molecule has 3 nitrogen and oxygen atoms in total. The normalized spacial score (nSPS) is 18.8. The number of anilines is 1. The predicted octanol–water partition coefficient (Wildman–Crippen LogP) is 4.40. The molecule has 3 heteroatoms. The zero-order chi connectivity index (χ0) is 13.8. The number of rotatable bonds is 5. The summed E-state index contributed by atoms with van der Waals surface area (Å²) in [6.07, 6.45) is 9.19. The van der Waals surface area contributed by atoms with Gasteiger partial charge in [0.15, 0.2) is 0 Å². The van der Waals surface area contributed by atoms with Gasteiger partial charge in [0.05, 0.1) is 5.69 Å². The highest BCUT2D eigenvalue weighted by molar-refractivity contribution is 5.29. The van der Waals surface area contributed by atoms with Crippen LogP contribution in [0.1, 0.15) is 64.6 Å². The molecule has 108 valence electrons. The summed E-state index contributed by atoms with van der Waals surface area (Å²) in [4.78, 5) is 4.65. The Morgan fingerprint density at radius 3 is 2.58 bits per heavy atom. The Bertz CT molecular complexity index is 389. The van der Waals surface area contributed by atoms with Gasteiger partial charge in [0, 0.05) is 18.8 Å².